The predicted molar refractivity (Wildman–Crippen MR) is 55.7 cm³/mol. The second kappa shape index (κ2) is 4.28. The lowest BCUT2D eigenvalue weighted by Crippen LogP contribution is -2.77. The summed E-state index contributed by atoms with van der Waals surface area (Å²) in [6.45, 7) is 0.772. The molecule has 1 aromatic heterocycles. The zero-order valence-electron chi connectivity index (χ0n) is 8.53. The molecule has 0 aliphatic heterocycles. The molecule has 0 aliphatic carbocycles. The minimum atomic E-state index is -0.251. The maximum absolute atomic E-state index is 13.4. The summed E-state index contributed by atoms with van der Waals surface area (Å²) in [6, 6.07) is 10.3. The number of nitrogens with two attached hydrogens (primary N) is 1. The fraction of sp³-hybridized carbons (Fsp3) is 0.167. The largest absolute Gasteiger partial charge is 0.455 e. The summed E-state index contributed by atoms with van der Waals surface area (Å²) in [5, 5.41) is 2.00. The molecule has 15 heavy (non-hydrogen) atoms. The van der Waals surface area contributed by atoms with Crippen molar-refractivity contribution >= 4 is 0 Å². The van der Waals surface area contributed by atoms with E-state index < -0.39 is 0 Å². The molecule has 2 nitrogen and oxygen atoms in total. The van der Waals surface area contributed by atoms with Crippen molar-refractivity contribution in [3.05, 3.63) is 48.0 Å². The number of hydrogen-bond donors (Lipinski definition) is 1. The molecule has 0 unspecified atom stereocenters. The number of furan rings is 1. The third kappa shape index (κ3) is 2.07. The molecule has 2 aromatic rings. The van der Waals surface area contributed by atoms with E-state index in [4.69, 9.17) is 4.42 Å². The number of quaternary nitrogens is 1. The summed E-state index contributed by atoms with van der Waals surface area (Å²) in [5.41, 5.74) is 0.514. The molecule has 0 spiro atoms. The van der Waals surface area contributed by atoms with Crippen molar-refractivity contribution in [2.45, 2.75) is 6.54 Å². The molecule has 0 atom stereocenters. The fourth-order valence-corrected chi connectivity index (χ4v) is 1.49. The van der Waals surface area contributed by atoms with Gasteiger partial charge in [0.25, 0.3) is 0 Å². The van der Waals surface area contributed by atoms with Gasteiger partial charge in [0.1, 0.15) is 18.1 Å². The van der Waals surface area contributed by atoms with Crippen LogP contribution in [0, 0.1) is 5.82 Å². The molecule has 78 valence electrons. The van der Waals surface area contributed by atoms with Crippen molar-refractivity contribution in [3.63, 3.8) is 0 Å². The van der Waals surface area contributed by atoms with E-state index in [1.54, 1.807) is 24.3 Å². The summed E-state index contributed by atoms with van der Waals surface area (Å²) >= 11 is 0. The third-order valence-electron chi connectivity index (χ3n) is 2.21. The highest BCUT2D eigenvalue weighted by Gasteiger charge is 2.08. The van der Waals surface area contributed by atoms with Gasteiger partial charge in [-0.2, -0.15) is 0 Å². The molecular formula is C12H13FNO+. The Kier molecular flexibility index (Phi) is 2.83. The summed E-state index contributed by atoms with van der Waals surface area (Å²) in [6.07, 6.45) is 0. The van der Waals surface area contributed by atoms with Crippen molar-refractivity contribution in [1.29, 1.82) is 0 Å². The molecule has 0 saturated carbocycles. The number of rotatable bonds is 3. The van der Waals surface area contributed by atoms with Crippen molar-refractivity contribution < 1.29 is 14.1 Å². The Hall–Kier alpha value is -1.61. The first-order valence-corrected chi connectivity index (χ1v) is 4.92. The zero-order chi connectivity index (χ0) is 10.7. The predicted octanol–water partition coefficient (Wildman–Crippen LogP) is 1.78. The Morgan fingerprint density at radius 3 is 2.73 bits per heavy atom. The first-order chi connectivity index (χ1) is 7.31. The molecule has 0 aliphatic rings. The van der Waals surface area contributed by atoms with Gasteiger partial charge >= 0.3 is 0 Å². The van der Waals surface area contributed by atoms with Crippen LogP contribution in [-0.2, 0) is 6.54 Å². The molecule has 3 heteroatoms. The molecule has 1 aromatic carbocycles. The Morgan fingerprint density at radius 1 is 1.20 bits per heavy atom. The second-order valence-electron chi connectivity index (χ2n) is 3.36. The van der Waals surface area contributed by atoms with Gasteiger partial charge in [0, 0.05) is 0 Å². The van der Waals surface area contributed by atoms with Gasteiger partial charge < -0.3 is 9.73 Å². The molecular weight excluding hydrogens is 193 g/mol. The Bertz CT molecular complexity index is 450. The van der Waals surface area contributed by atoms with E-state index in [0.717, 1.165) is 12.3 Å². The summed E-state index contributed by atoms with van der Waals surface area (Å²) in [7, 11) is 1.96. The van der Waals surface area contributed by atoms with Crippen LogP contribution < -0.4 is 5.32 Å². The number of benzene rings is 1. The molecule has 0 fully saturated rings. The first-order valence-electron chi connectivity index (χ1n) is 4.92. The number of hydrogen-bond acceptors (Lipinski definition) is 1. The van der Waals surface area contributed by atoms with Gasteiger partial charge in [0.05, 0.1) is 12.6 Å². The van der Waals surface area contributed by atoms with Crippen molar-refractivity contribution in [2.75, 3.05) is 7.05 Å². The van der Waals surface area contributed by atoms with Crippen LogP contribution in [0.4, 0.5) is 4.39 Å². The fourth-order valence-electron chi connectivity index (χ4n) is 1.49. The van der Waals surface area contributed by atoms with E-state index in [-0.39, 0.29) is 5.82 Å². The molecule has 0 saturated heterocycles. The molecule has 0 radical (unpaired) electrons. The van der Waals surface area contributed by atoms with Crippen molar-refractivity contribution in [1.82, 2.24) is 0 Å². The summed E-state index contributed by atoms with van der Waals surface area (Å²) in [5.74, 6) is 1.19. The van der Waals surface area contributed by atoms with Crippen LogP contribution >= 0.6 is 0 Å². The lowest BCUT2D eigenvalue weighted by atomic mass is 10.1. The molecule has 0 amide bonds. The topological polar surface area (TPSA) is 29.8 Å². The molecule has 1 heterocycles. The number of halogens is 1. The van der Waals surface area contributed by atoms with Gasteiger partial charge in [-0.3, -0.25) is 0 Å². The minimum absolute atomic E-state index is 0.251. The SMILES string of the molecule is C[NH2+]Cc1ccc(-c2ccccc2F)o1. The standard InChI is InChI=1S/C12H12FNO/c1-14-8-9-6-7-12(15-9)10-4-2-3-5-11(10)13/h2-7,14H,8H2,1H3/p+1. The van der Waals surface area contributed by atoms with E-state index in [0.29, 0.717) is 11.3 Å². The van der Waals surface area contributed by atoms with Gasteiger partial charge in [0.2, 0.25) is 0 Å². The first kappa shape index (κ1) is 9.93. The lowest BCUT2D eigenvalue weighted by Gasteiger charge is -1.98. The third-order valence-corrected chi connectivity index (χ3v) is 2.21. The highest BCUT2D eigenvalue weighted by atomic mass is 19.1. The Labute approximate surface area is 87.7 Å². The van der Waals surface area contributed by atoms with Gasteiger partial charge in [-0.25, -0.2) is 4.39 Å². The summed E-state index contributed by atoms with van der Waals surface area (Å²) in [4.78, 5) is 0. The average molecular weight is 206 g/mol. The van der Waals surface area contributed by atoms with E-state index in [1.807, 2.05) is 18.4 Å². The quantitative estimate of drug-likeness (QED) is 0.815. The second-order valence-corrected chi connectivity index (χ2v) is 3.36. The van der Waals surface area contributed by atoms with Gasteiger partial charge in [-0.05, 0) is 24.3 Å². The van der Waals surface area contributed by atoms with Crippen molar-refractivity contribution in [2.24, 2.45) is 0 Å². The van der Waals surface area contributed by atoms with Crippen LogP contribution in [0.3, 0.4) is 0 Å². The van der Waals surface area contributed by atoms with E-state index in [9.17, 15) is 4.39 Å². The van der Waals surface area contributed by atoms with Crippen LogP contribution in [0.2, 0.25) is 0 Å². The maximum Gasteiger partial charge on any atom is 0.158 e. The van der Waals surface area contributed by atoms with E-state index in [1.165, 1.54) is 6.07 Å². The zero-order valence-corrected chi connectivity index (χ0v) is 8.53. The molecule has 2 rings (SSSR count). The van der Waals surface area contributed by atoms with E-state index >= 15 is 0 Å². The minimum Gasteiger partial charge on any atom is -0.455 e. The average Bonchev–Trinajstić information content (AvgIpc) is 2.68. The van der Waals surface area contributed by atoms with Crippen LogP contribution in [0.15, 0.2) is 40.8 Å². The van der Waals surface area contributed by atoms with Crippen LogP contribution in [0.5, 0.6) is 0 Å². The smallest absolute Gasteiger partial charge is 0.158 e. The Morgan fingerprint density at radius 2 is 2.00 bits per heavy atom. The van der Waals surface area contributed by atoms with Crippen LogP contribution in [-0.4, -0.2) is 7.05 Å². The highest BCUT2D eigenvalue weighted by Crippen LogP contribution is 2.24. The monoisotopic (exact) mass is 206 g/mol. The van der Waals surface area contributed by atoms with Crippen molar-refractivity contribution in [3.8, 4) is 11.3 Å². The normalized spacial score (nSPS) is 10.5. The molecule has 2 N–H and O–H groups in total. The highest BCUT2D eigenvalue weighted by molar-refractivity contribution is 5.58. The summed E-state index contributed by atoms with van der Waals surface area (Å²) < 4.78 is 18.9. The Balaban J connectivity index is 2.33. The maximum atomic E-state index is 13.4. The van der Waals surface area contributed by atoms with Gasteiger partial charge in [0.15, 0.2) is 5.76 Å². The molecule has 0 bridgehead atoms. The van der Waals surface area contributed by atoms with Gasteiger partial charge in [-0.1, -0.05) is 12.1 Å². The van der Waals surface area contributed by atoms with Gasteiger partial charge in [-0.15, -0.1) is 0 Å². The van der Waals surface area contributed by atoms with Crippen LogP contribution in [0.25, 0.3) is 11.3 Å². The van der Waals surface area contributed by atoms with E-state index in [2.05, 4.69) is 0 Å². The van der Waals surface area contributed by atoms with Crippen LogP contribution in [0.1, 0.15) is 5.76 Å². The lowest BCUT2D eigenvalue weighted by molar-refractivity contribution is -0.645.